The van der Waals surface area contributed by atoms with E-state index >= 15 is 0 Å². The number of nitrogens with one attached hydrogen (secondary N) is 1. The van der Waals surface area contributed by atoms with Gasteiger partial charge in [-0.25, -0.2) is 9.88 Å². The Kier molecular flexibility index (Phi) is 3.48. The molecule has 1 aromatic heterocycles. The van der Waals surface area contributed by atoms with Crippen molar-refractivity contribution in [3.05, 3.63) is 41.6 Å². The van der Waals surface area contributed by atoms with E-state index in [1.54, 1.807) is 26.0 Å². The van der Waals surface area contributed by atoms with E-state index in [4.69, 9.17) is 14.9 Å². The number of hydrogen-bond donors (Lipinski definition) is 1. The predicted molar refractivity (Wildman–Crippen MR) is 106 cm³/mol. The first-order chi connectivity index (χ1) is 13.7. The van der Waals surface area contributed by atoms with Gasteiger partial charge in [-0.15, -0.1) is 0 Å². The number of fused-ring (bicyclic) bond motifs is 2. The Balaban J connectivity index is 1.44. The molecule has 1 saturated heterocycles. The Labute approximate surface area is 168 Å². The van der Waals surface area contributed by atoms with Crippen molar-refractivity contribution >= 4 is 23.2 Å². The van der Waals surface area contributed by atoms with Crippen molar-refractivity contribution in [1.29, 1.82) is 5.41 Å². The maximum absolute atomic E-state index is 12.6. The first kappa shape index (κ1) is 17.8. The first-order valence-corrected chi connectivity index (χ1v) is 9.63. The van der Waals surface area contributed by atoms with Crippen molar-refractivity contribution in [2.24, 2.45) is 5.41 Å². The molecule has 5 rings (SSSR count). The zero-order valence-electron chi connectivity index (χ0n) is 16.5. The van der Waals surface area contributed by atoms with Crippen LogP contribution in [0.2, 0.25) is 0 Å². The normalized spacial score (nSPS) is 20.8. The van der Waals surface area contributed by atoms with E-state index in [1.807, 2.05) is 19.1 Å². The third kappa shape index (κ3) is 2.43. The predicted octanol–water partition coefficient (Wildman–Crippen LogP) is 3.53. The van der Waals surface area contributed by atoms with Gasteiger partial charge in [-0.3, -0.25) is 15.0 Å². The third-order valence-corrected chi connectivity index (χ3v) is 6.17. The molecule has 3 aliphatic rings. The largest absolute Gasteiger partial charge is 0.492 e. The molecular formula is C22H21N3O4. The number of hydrogen-bond acceptors (Lipinski definition) is 6. The standard InChI is InChI=1S/C22H21N3O4/c1-12-4-6-14(16-17(12)28-11-22(16)8-9-22)29-15-7-5-13(10-24-15)25-19(26)18(23)21(2,3)20(25)27/h4-7,10,23H,8-9,11H2,1-3H3. The van der Waals surface area contributed by atoms with Crippen LogP contribution in [0.5, 0.6) is 17.4 Å². The highest BCUT2D eigenvalue weighted by atomic mass is 16.5. The summed E-state index contributed by atoms with van der Waals surface area (Å²) in [6.07, 6.45) is 3.61. The van der Waals surface area contributed by atoms with E-state index in [0.29, 0.717) is 18.2 Å². The van der Waals surface area contributed by atoms with Crippen molar-refractivity contribution in [3.8, 4) is 17.4 Å². The van der Waals surface area contributed by atoms with Crippen LogP contribution in [0.25, 0.3) is 0 Å². The fraction of sp³-hybridized carbons (Fsp3) is 0.364. The van der Waals surface area contributed by atoms with Crippen LogP contribution in [0.4, 0.5) is 5.69 Å². The highest BCUT2D eigenvalue weighted by Crippen LogP contribution is 2.59. The molecular weight excluding hydrogens is 370 g/mol. The summed E-state index contributed by atoms with van der Waals surface area (Å²) in [4.78, 5) is 30.2. The maximum Gasteiger partial charge on any atom is 0.279 e. The molecule has 7 heteroatoms. The van der Waals surface area contributed by atoms with Crippen molar-refractivity contribution in [2.75, 3.05) is 11.5 Å². The van der Waals surface area contributed by atoms with Gasteiger partial charge in [-0.2, -0.15) is 0 Å². The Morgan fingerprint density at radius 2 is 1.93 bits per heavy atom. The van der Waals surface area contributed by atoms with Gasteiger partial charge in [-0.1, -0.05) is 6.07 Å². The van der Waals surface area contributed by atoms with Gasteiger partial charge >= 0.3 is 0 Å². The van der Waals surface area contributed by atoms with Crippen molar-refractivity contribution in [1.82, 2.24) is 4.98 Å². The number of aromatic nitrogens is 1. The molecule has 7 nitrogen and oxygen atoms in total. The summed E-state index contributed by atoms with van der Waals surface area (Å²) in [6, 6.07) is 7.16. The minimum atomic E-state index is -1.13. The van der Waals surface area contributed by atoms with Gasteiger partial charge in [0.1, 0.15) is 17.2 Å². The zero-order chi connectivity index (χ0) is 20.6. The molecule has 1 saturated carbocycles. The molecule has 1 spiro atoms. The van der Waals surface area contributed by atoms with Crippen molar-refractivity contribution in [2.45, 2.75) is 39.0 Å². The minimum absolute atomic E-state index is 0.0664. The molecule has 2 aromatic rings. The quantitative estimate of drug-likeness (QED) is 0.808. The van der Waals surface area contributed by atoms with Gasteiger partial charge in [0.25, 0.3) is 5.91 Å². The third-order valence-electron chi connectivity index (χ3n) is 6.17. The van der Waals surface area contributed by atoms with Gasteiger partial charge in [0, 0.05) is 17.0 Å². The van der Waals surface area contributed by atoms with Crippen molar-refractivity contribution in [3.63, 3.8) is 0 Å². The van der Waals surface area contributed by atoms with Crippen LogP contribution in [0.15, 0.2) is 30.5 Å². The summed E-state index contributed by atoms with van der Waals surface area (Å²) in [5, 5.41) is 7.92. The van der Waals surface area contributed by atoms with Gasteiger partial charge in [0.15, 0.2) is 0 Å². The molecule has 148 valence electrons. The Hall–Kier alpha value is -3.22. The Morgan fingerprint density at radius 3 is 2.52 bits per heavy atom. The maximum atomic E-state index is 12.6. The number of nitrogens with zero attached hydrogens (tertiary/aromatic N) is 2. The summed E-state index contributed by atoms with van der Waals surface area (Å²) < 4.78 is 12.0. The highest BCUT2D eigenvalue weighted by Gasteiger charge is 2.53. The monoisotopic (exact) mass is 391 g/mol. The van der Waals surface area contributed by atoms with Gasteiger partial charge < -0.3 is 9.47 Å². The van der Waals surface area contributed by atoms with E-state index < -0.39 is 17.2 Å². The van der Waals surface area contributed by atoms with Crippen LogP contribution in [-0.2, 0) is 15.0 Å². The van der Waals surface area contributed by atoms with Gasteiger partial charge in [-0.05, 0) is 51.3 Å². The highest BCUT2D eigenvalue weighted by molar-refractivity contribution is 6.58. The van der Waals surface area contributed by atoms with Crippen LogP contribution >= 0.6 is 0 Å². The Bertz CT molecular complexity index is 1080. The molecule has 0 unspecified atom stereocenters. The number of aryl methyl sites for hydroxylation is 1. The second kappa shape index (κ2) is 5.65. The van der Waals surface area contributed by atoms with Crippen LogP contribution in [0.3, 0.4) is 0 Å². The van der Waals surface area contributed by atoms with Crippen LogP contribution in [-0.4, -0.2) is 29.1 Å². The second-order valence-corrected chi connectivity index (χ2v) is 8.56. The SMILES string of the molecule is Cc1ccc(Oc2ccc(N3C(=O)C(=N)C(C)(C)C3=O)cn2)c2c1OCC21CC1. The summed E-state index contributed by atoms with van der Waals surface area (Å²) in [5.41, 5.74) is 1.26. The molecule has 2 fully saturated rings. The molecule has 2 amide bonds. The van der Waals surface area contributed by atoms with Gasteiger partial charge in [0.2, 0.25) is 11.8 Å². The van der Waals surface area contributed by atoms with Crippen LogP contribution < -0.4 is 14.4 Å². The second-order valence-electron chi connectivity index (χ2n) is 8.56. The lowest BCUT2D eigenvalue weighted by molar-refractivity contribution is -0.124. The van der Waals surface area contributed by atoms with E-state index in [1.165, 1.54) is 6.20 Å². The van der Waals surface area contributed by atoms with Gasteiger partial charge in [0.05, 0.1) is 23.9 Å². The zero-order valence-corrected chi connectivity index (χ0v) is 16.5. The van der Waals surface area contributed by atoms with Crippen LogP contribution in [0, 0.1) is 17.7 Å². The molecule has 1 aliphatic carbocycles. The molecule has 2 aliphatic heterocycles. The smallest absolute Gasteiger partial charge is 0.279 e. The summed E-state index contributed by atoms with van der Waals surface area (Å²) >= 11 is 0. The van der Waals surface area contributed by atoms with E-state index in [0.717, 1.165) is 40.4 Å². The van der Waals surface area contributed by atoms with E-state index in [2.05, 4.69) is 4.98 Å². The topological polar surface area (TPSA) is 92.6 Å². The fourth-order valence-corrected chi connectivity index (χ4v) is 4.04. The number of pyridine rings is 1. The number of benzene rings is 1. The molecule has 0 atom stereocenters. The summed E-state index contributed by atoms with van der Waals surface area (Å²) in [7, 11) is 0. The summed E-state index contributed by atoms with van der Waals surface area (Å²) in [5.74, 6) is 0.977. The first-order valence-electron chi connectivity index (χ1n) is 9.63. The lowest BCUT2D eigenvalue weighted by atomic mass is 9.90. The number of amides is 2. The number of anilines is 1. The lowest BCUT2D eigenvalue weighted by Gasteiger charge is -2.17. The number of carbonyl (C=O) groups excluding carboxylic acids is 2. The van der Waals surface area contributed by atoms with Crippen molar-refractivity contribution < 1.29 is 19.1 Å². The summed E-state index contributed by atoms with van der Waals surface area (Å²) in [6.45, 7) is 5.87. The molecule has 0 bridgehead atoms. The molecule has 3 heterocycles. The number of ether oxygens (including phenoxy) is 2. The van der Waals surface area contributed by atoms with Crippen LogP contribution in [0.1, 0.15) is 37.8 Å². The van der Waals surface area contributed by atoms with E-state index in [-0.39, 0.29) is 11.1 Å². The number of rotatable bonds is 3. The Morgan fingerprint density at radius 1 is 1.17 bits per heavy atom. The number of imide groups is 1. The molecule has 0 radical (unpaired) electrons. The van der Waals surface area contributed by atoms with E-state index in [9.17, 15) is 9.59 Å². The molecule has 29 heavy (non-hydrogen) atoms. The average Bonchev–Trinajstić information content (AvgIpc) is 3.34. The lowest BCUT2D eigenvalue weighted by Crippen LogP contribution is -2.33. The molecule has 1 N–H and O–H groups in total. The number of carbonyl (C=O) groups is 2. The molecule has 1 aromatic carbocycles. The average molecular weight is 391 g/mol. The fourth-order valence-electron chi connectivity index (χ4n) is 4.04. The minimum Gasteiger partial charge on any atom is -0.492 e.